The number of nitrogens with zero attached hydrogens (tertiary/aromatic N) is 2. The van der Waals surface area contributed by atoms with Crippen LogP contribution in [0.15, 0.2) is 6.20 Å². The molecule has 108 valence electrons. The van der Waals surface area contributed by atoms with Crippen molar-refractivity contribution in [3.05, 3.63) is 11.8 Å². The van der Waals surface area contributed by atoms with Crippen molar-refractivity contribution in [3.63, 3.8) is 0 Å². The molecule has 0 N–H and O–H groups in total. The summed E-state index contributed by atoms with van der Waals surface area (Å²) in [5.74, 6) is 0.740. The van der Waals surface area contributed by atoms with E-state index in [0.717, 1.165) is 25.7 Å². The van der Waals surface area contributed by atoms with E-state index in [4.69, 9.17) is 4.74 Å². The van der Waals surface area contributed by atoms with Gasteiger partial charge >= 0.3 is 0 Å². The van der Waals surface area contributed by atoms with E-state index < -0.39 is 0 Å². The number of aryl methyl sites for hydroxylation is 1. The van der Waals surface area contributed by atoms with Gasteiger partial charge in [-0.1, -0.05) is 33.6 Å². The van der Waals surface area contributed by atoms with Gasteiger partial charge in [0.25, 0.3) is 0 Å². The van der Waals surface area contributed by atoms with E-state index in [1.54, 1.807) is 17.9 Å². The van der Waals surface area contributed by atoms with Crippen LogP contribution in [0.5, 0.6) is 5.88 Å². The molecule has 0 spiro atoms. The van der Waals surface area contributed by atoms with Crippen LogP contribution < -0.4 is 4.74 Å². The maximum Gasteiger partial charge on any atom is 0.222 e. The molecule has 0 saturated carbocycles. The summed E-state index contributed by atoms with van der Waals surface area (Å²) in [5, 5.41) is 4.16. The van der Waals surface area contributed by atoms with Gasteiger partial charge < -0.3 is 4.74 Å². The van der Waals surface area contributed by atoms with Crippen molar-refractivity contribution < 1.29 is 9.53 Å². The van der Waals surface area contributed by atoms with Crippen LogP contribution >= 0.6 is 0 Å². The molecule has 0 aliphatic rings. The number of hydrogen-bond acceptors (Lipinski definition) is 3. The minimum Gasteiger partial charge on any atom is -0.478 e. The van der Waals surface area contributed by atoms with Gasteiger partial charge in [0.15, 0.2) is 5.78 Å². The van der Waals surface area contributed by atoms with Gasteiger partial charge in [0, 0.05) is 12.5 Å². The lowest BCUT2D eigenvalue weighted by Gasteiger charge is -2.26. The first-order valence-corrected chi connectivity index (χ1v) is 7.19. The monoisotopic (exact) mass is 266 g/mol. The first-order chi connectivity index (χ1) is 9.00. The second-order valence-corrected chi connectivity index (χ2v) is 5.27. The smallest absolute Gasteiger partial charge is 0.222 e. The summed E-state index contributed by atoms with van der Waals surface area (Å²) in [6, 6.07) is 0. The SMILES string of the molecule is CCCCC(C)(CC)C(=O)c1cnn(C)c1OCC. The van der Waals surface area contributed by atoms with Gasteiger partial charge in [0.05, 0.1) is 18.4 Å². The number of aromatic nitrogens is 2. The summed E-state index contributed by atoms with van der Waals surface area (Å²) in [7, 11) is 1.80. The van der Waals surface area contributed by atoms with Crippen molar-refractivity contribution in [2.24, 2.45) is 12.5 Å². The molecule has 0 amide bonds. The Balaban J connectivity index is 3.03. The molecule has 1 aromatic heterocycles. The third-order valence-corrected chi connectivity index (χ3v) is 3.82. The van der Waals surface area contributed by atoms with Gasteiger partial charge in [-0.3, -0.25) is 4.79 Å². The third-order valence-electron chi connectivity index (χ3n) is 3.82. The van der Waals surface area contributed by atoms with Gasteiger partial charge in [0.1, 0.15) is 0 Å². The molecule has 1 atom stereocenters. The molecular formula is C15H26N2O2. The molecule has 4 nitrogen and oxygen atoms in total. The summed E-state index contributed by atoms with van der Waals surface area (Å²) < 4.78 is 7.18. The zero-order valence-electron chi connectivity index (χ0n) is 12.8. The summed E-state index contributed by atoms with van der Waals surface area (Å²) in [4.78, 5) is 12.8. The normalized spacial score (nSPS) is 14.2. The van der Waals surface area contributed by atoms with Crippen LogP contribution in [0.4, 0.5) is 0 Å². The average Bonchev–Trinajstić information content (AvgIpc) is 2.77. The Kier molecular flexibility index (Phi) is 5.58. The molecule has 0 fully saturated rings. The summed E-state index contributed by atoms with van der Waals surface area (Å²) in [6.07, 6.45) is 5.56. The van der Waals surface area contributed by atoms with Crippen LogP contribution in [0.25, 0.3) is 0 Å². The number of ether oxygens (including phenoxy) is 1. The molecule has 0 bridgehead atoms. The molecular weight excluding hydrogens is 240 g/mol. The van der Waals surface area contributed by atoms with Crippen molar-refractivity contribution in [2.75, 3.05) is 6.61 Å². The number of Topliss-reactive ketones (excluding diaryl/α,β-unsaturated/α-hetero) is 1. The quantitative estimate of drug-likeness (QED) is 0.675. The number of hydrogen-bond donors (Lipinski definition) is 0. The van der Waals surface area contributed by atoms with Crippen LogP contribution in [0.3, 0.4) is 0 Å². The topological polar surface area (TPSA) is 44.1 Å². The van der Waals surface area contributed by atoms with Crippen molar-refractivity contribution in [1.82, 2.24) is 9.78 Å². The summed E-state index contributed by atoms with van der Waals surface area (Å²) in [6.45, 7) is 8.73. The van der Waals surface area contributed by atoms with Crippen molar-refractivity contribution in [1.29, 1.82) is 0 Å². The lowest BCUT2D eigenvalue weighted by atomic mass is 9.76. The zero-order valence-corrected chi connectivity index (χ0v) is 12.8. The highest BCUT2D eigenvalue weighted by Crippen LogP contribution is 2.35. The lowest BCUT2D eigenvalue weighted by Crippen LogP contribution is -2.27. The van der Waals surface area contributed by atoms with E-state index in [-0.39, 0.29) is 11.2 Å². The molecule has 1 aromatic rings. The molecule has 19 heavy (non-hydrogen) atoms. The van der Waals surface area contributed by atoms with E-state index in [0.29, 0.717) is 18.1 Å². The van der Waals surface area contributed by atoms with E-state index in [9.17, 15) is 4.79 Å². The molecule has 1 rings (SSSR count). The van der Waals surface area contributed by atoms with Crippen LogP contribution in [0.2, 0.25) is 0 Å². The Labute approximate surface area is 116 Å². The van der Waals surface area contributed by atoms with Crippen LogP contribution in [0.1, 0.15) is 63.7 Å². The fraction of sp³-hybridized carbons (Fsp3) is 0.733. The van der Waals surface area contributed by atoms with Gasteiger partial charge in [-0.2, -0.15) is 5.10 Å². The number of unbranched alkanes of at least 4 members (excludes halogenated alkanes) is 1. The predicted octanol–water partition coefficient (Wildman–Crippen LogP) is 3.61. The first-order valence-electron chi connectivity index (χ1n) is 7.19. The van der Waals surface area contributed by atoms with Gasteiger partial charge in [-0.25, -0.2) is 4.68 Å². The highest BCUT2D eigenvalue weighted by atomic mass is 16.5. The summed E-state index contributed by atoms with van der Waals surface area (Å²) >= 11 is 0. The minimum absolute atomic E-state index is 0.153. The highest BCUT2D eigenvalue weighted by molar-refractivity contribution is 6.02. The number of rotatable bonds is 8. The van der Waals surface area contributed by atoms with Crippen molar-refractivity contribution >= 4 is 5.78 Å². The van der Waals surface area contributed by atoms with Crippen LogP contribution in [0, 0.1) is 5.41 Å². The molecule has 0 aliphatic heterocycles. The summed E-state index contributed by atoms with van der Waals surface area (Å²) in [5.41, 5.74) is 0.301. The Morgan fingerprint density at radius 3 is 2.63 bits per heavy atom. The van der Waals surface area contributed by atoms with Crippen molar-refractivity contribution in [3.8, 4) is 5.88 Å². The Hall–Kier alpha value is -1.32. The third kappa shape index (κ3) is 3.37. The van der Waals surface area contributed by atoms with E-state index in [1.165, 1.54) is 0 Å². The maximum atomic E-state index is 12.8. The fourth-order valence-corrected chi connectivity index (χ4v) is 2.23. The van der Waals surface area contributed by atoms with Gasteiger partial charge in [0.2, 0.25) is 5.88 Å². The highest BCUT2D eigenvalue weighted by Gasteiger charge is 2.34. The Morgan fingerprint density at radius 2 is 2.11 bits per heavy atom. The number of carbonyl (C=O) groups excluding carboxylic acids is 1. The van der Waals surface area contributed by atoms with Gasteiger partial charge in [-0.05, 0) is 19.8 Å². The first kappa shape index (κ1) is 15.7. The second kappa shape index (κ2) is 6.73. The van der Waals surface area contributed by atoms with E-state index in [2.05, 4.69) is 18.9 Å². The largest absolute Gasteiger partial charge is 0.478 e. The average molecular weight is 266 g/mol. The zero-order chi connectivity index (χ0) is 14.5. The fourth-order valence-electron chi connectivity index (χ4n) is 2.23. The number of carbonyl (C=O) groups is 1. The molecule has 0 aromatic carbocycles. The molecule has 0 saturated heterocycles. The minimum atomic E-state index is -0.315. The Morgan fingerprint density at radius 1 is 1.42 bits per heavy atom. The standard InChI is InChI=1S/C15H26N2O2/c1-6-9-10-15(4,7-2)13(18)12-11-16-17(5)14(12)19-8-3/h11H,6-10H2,1-5H3. The van der Waals surface area contributed by atoms with E-state index in [1.807, 2.05) is 13.8 Å². The predicted molar refractivity (Wildman–Crippen MR) is 76.6 cm³/mol. The van der Waals surface area contributed by atoms with Gasteiger partial charge in [-0.15, -0.1) is 0 Å². The molecule has 0 aliphatic carbocycles. The molecule has 1 heterocycles. The van der Waals surface area contributed by atoms with E-state index >= 15 is 0 Å². The Bertz CT molecular complexity index is 426. The molecule has 1 unspecified atom stereocenters. The number of ketones is 1. The maximum absolute atomic E-state index is 12.8. The molecule has 0 radical (unpaired) electrons. The van der Waals surface area contributed by atoms with Crippen molar-refractivity contribution in [2.45, 2.75) is 53.4 Å². The van der Waals surface area contributed by atoms with Crippen LogP contribution in [-0.4, -0.2) is 22.2 Å². The second-order valence-electron chi connectivity index (χ2n) is 5.27. The lowest BCUT2D eigenvalue weighted by molar-refractivity contribution is 0.0786. The molecule has 4 heteroatoms. The van der Waals surface area contributed by atoms with Crippen LogP contribution in [-0.2, 0) is 7.05 Å².